The number of ether oxygens (including phenoxy) is 1. The summed E-state index contributed by atoms with van der Waals surface area (Å²) in [6.45, 7) is 2.10. The van der Waals surface area contributed by atoms with Crippen molar-refractivity contribution < 1.29 is 17.9 Å². The van der Waals surface area contributed by atoms with Crippen LogP contribution in [-0.4, -0.2) is 33.0 Å². The summed E-state index contributed by atoms with van der Waals surface area (Å²) < 4.78 is 31.7. The third kappa shape index (κ3) is 4.29. The van der Waals surface area contributed by atoms with Crippen molar-refractivity contribution in [3.63, 3.8) is 0 Å². The molecule has 0 spiro atoms. The predicted octanol–water partition coefficient (Wildman–Crippen LogP) is 2.67. The van der Waals surface area contributed by atoms with Gasteiger partial charge in [-0.25, -0.2) is 22.9 Å². The summed E-state index contributed by atoms with van der Waals surface area (Å²) in [5.74, 6) is -0.668. The normalized spacial score (nSPS) is 12.8. The first kappa shape index (κ1) is 17.9. The average Bonchev–Trinajstić information content (AvgIpc) is 3.06. The van der Waals surface area contributed by atoms with E-state index < -0.39 is 16.0 Å². The number of halogens is 1. The Bertz CT molecular complexity index is 791. The molecule has 0 aliphatic rings. The molecular weight excluding hydrogens is 360 g/mol. The van der Waals surface area contributed by atoms with Crippen molar-refractivity contribution in [2.75, 3.05) is 13.7 Å². The van der Waals surface area contributed by atoms with Crippen molar-refractivity contribution in [3.8, 4) is 0 Å². The molecular formula is C14H15ClN2O4S2. The fourth-order valence-electron chi connectivity index (χ4n) is 1.82. The van der Waals surface area contributed by atoms with E-state index >= 15 is 0 Å². The molecule has 1 heterocycles. The minimum atomic E-state index is -3.73. The second-order valence-corrected chi connectivity index (χ2v) is 7.86. The molecule has 1 N–H and O–H groups in total. The summed E-state index contributed by atoms with van der Waals surface area (Å²) in [4.78, 5) is 15.6. The molecule has 6 nitrogen and oxygen atoms in total. The standard InChI is InChI=1S/C14H15ClN2O4S2/c1-9(13-16-5-6-22-13)8-17-23(19,20)10-3-4-11(12(15)7-10)14(18)21-2/h3-7,9,17H,8H2,1-2H3/t9-/m0/s1. The smallest absolute Gasteiger partial charge is 0.339 e. The zero-order chi connectivity index (χ0) is 17.0. The molecule has 0 unspecified atom stereocenters. The SMILES string of the molecule is COC(=O)c1ccc(S(=O)(=O)NC[C@H](C)c2nccs2)cc1Cl. The quantitative estimate of drug-likeness (QED) is 0.785. The van der Waals surface area contributed by atoms with Gasteiger partial charge < -0.3 is 4.74 Å². The lowest BCUT2D eigenvalue weighted by Gasteiger charge is -2.11. The molecule has 0 aliphatic carbocycles. The summed E-state index contributed by atoms with van der Waals surface area (Å²) >= 11 is 7.42. The van der Waals surface area contributed by atoms with Crippen LogP contribution in [0.2, 0.25) is 5.02 Å². The molecule has 0 radical (unpaired) electrons. The van der Waals surface area contributed by atoms with Crippen LogP contribution >= 0.6 is 22.9 Å². The number of hydrogen-bond acceptors (Lipinski definition) is 6. The van der Waals surface area contributed by atoms with Gasteiger partial charge >= 0.3 is 5.97 Å². The molecule has 2 rings (SSSR count). The Hall–Kier alpha value is -1.48. The Morgan fingerprint density at radius 2 is 2.22 bits per heavy atom. The van der Waals surface area contributed by atoms with Gasteiger partial charge in [0.15, 0.2) is 0 Å². The summed E-state index contributed by atoms with van der Waals surface area (Å²) in [6, 6.07) is 3.87. The molecule has 9 heteroatoms. The van der Waals surface area contributed by atoms with Crippen LogP contribution in [0.3, 0.4) is 0 Å². The van der Waals surface area contributed by atoms with E-state index in [0.717, 1.165) is 5.01 Å². The Labute approximate surface area is 143 Å². The summed E-state index contributed by atoms with van der Waals surface area (Å²) in [5.41, 5.74) is 0.115. The lowest BCUT2D eigenvalue weighted by molar-refractivity contribution is 0.0601. The van der Waals surface area contributed by atoms with Gasteiger partial charge in [0.2, 0.25) is 10.0 Å². The second-order valence-electron chi connectivity index (χ2n) is 4.76. The Morgan fingerprint density at radius 3 is 2.78 bits per heavy atom. The molecule has 124 valence electrons. The lowest BCUT2D eigenvalue weighted by atomic mass is 10.2. The van der Waals surface area contributed by atoms with E-state index in [2.05, 4.69) is 14.4 Å². The number of nitrogens with one attached hydrogen (secondary N) is 1. The van der Waals surface area contributed by atoms with Crippen LogP contribution in [-0.2, 0) is 14.8 Å². The fraction of sp³-hybridized carbons (Fsp3) is 0.286. The predicted molar refractivity (Wildman–Crippen MR) is 88.5 cm³/mol. The number of carbonyl (C=O) groups is 1. The van der Waals surface area contributed by atoms with Crippen LogP contribution in [0.1, 0.15) is 28.2 Å². The van der Waals surface area contributed by atoms with Crippen molar-refractivity contribution >= 4 is 38.9 Å². The molecule has 0 fully saturated rings. The van der Waals surface area contributed by atoms with Crippen molar-refractivity contribution in [2.45, 2.75) is 17.7 Å². The highest BCUT2D eigenvalue weighted by atomic mass is 35.5. The van der Waals surface area contributed by atoms with Crippen molar-refractivity contribution in [1.29, 1.82) is 0 Å². The maximum atomic E-state index is 12.3. The Balaban J connectivity index is 2.13. The first-order valence-corrected chi connectivity index (χ1v) is 9.36. The van der Waals surface area contributed by atoms with Gasteiger partial charge in [0.05, 0.1) is 27.6 Å². The topological polar surface area (TPSA) is 85.4 Å². The van der Waals surface area contributed by atoms with Gasteiger partial charge in [-0.2, -0.15) is 0 Å². The molecule has 0 aliphatic heterocycles. The van der Waals surface area contributed by atoms with E-state index in [1.165, 1.54) is 36.6 Å². The van der Waals surface area contributed by atoms with Gasteiger partial charge in [0.1, 0.15) is 0 Å². The minimum Gasteiger partial charge on any atom is -0.465 e. The number of benzene rings is 1. The van der Waals surface area contributed by atoms with E-state index in [9.17, 15) is 13.2 Å². The Kier molecular flexibility index (Phi) is 5.74. The highest BCUT2D eigenvalue weighted by molar-refractivity contribution is 7.89. The highest BCUT2D eigenvalue weighted by Gasteiger charge is 2.19. The molecule has 0 amide bonds. The number of aromatic nitrogens is 1. The molecule has 1 aromatic carbocycles. The number of sulfonamides is 1. The van der Waals surface area contributed by atoms with E-state index in [-0.39, 0.29) is 27.9 Å². The fourth-order valence-corrected chi connectivity index (χ4v) is 4.00. The lowest BCUT2D eigenvalue weighted by Crippen LogP contribution is -2.27. The summed E-state index contributed by atoms with van der Waals surface area (Å²) in [6.07, 6.45) is 1.68. The minimum absolute atomic E-state index is 0.0125. The van der Waals surface area contributed by atoms with Crippen molar-refractivity contribution in [2.24, 2.45) is 0 Å². The third-order valence-electron chi connectivity index (χ3n) is 3.11. The van der Waals surface area contributed by atoms with Gasteiger partial charge in [-0.05, 0) is 18.2 Å². The van der Waals surface area contributed by atoms with Crippen LogP contribution in [0.5, 0.6) is 0 Å². The number of rotatable bonds is 6. The zero-order valence-corrected chi connectivity index (χ0v) is 14.8. The van der Waals surface area contributed by atoms with Gasteiger partial charge in [-0.15, -0.1) is 11.3 Å². The molecule has 1 aromatic heterocycles. The third-order valence-corrected chi connectivity index (χ3v) is 5.85. The Morgan fingerprint density at radius 1 is 1.48 bits per heavy atom. The maximum absolute atomic E-state index is 12.3. The van der Waals surface area contributed by atoms with Crippen LogP contribution < -0.4 is 4.72 Å². The first-order valence-electron chi connectivity index (χ1n) is 6.62. The molecule has 0 saturated carbocycles. The van der Waals surface area contributed by atoms with Crippen molar-refractivity contribution in [3.05, 3.63) is 45.4 Å². The van der Waals surface area contributed by atoms with Gasteiger partial charge in [0, 0.05) is 24.0 Å². The zero-order valence-electron chi connectivity index (χ0n) is 12.4. The van der Waals surface area contributed by atoms with Crippen LogP contribution in [0, 0.1) is 0 Å². The molecule has 0 bridgehead atoms. The van der Waals surface area contributed by atoms with Crippen LogP contribution in [0.15, 0.2) is 34.7 Å². The number of carbonyl (C=O) groups excluding carboxylic acids is 1. The largest absolute Gasteiger partial charge is 0.465 e. The molecule has 23 heavy (non-hydrogen) atoms. The number of thiazole rings is 1. The first-order chi connectivity index (χ1) is 10.8. The maximum Gasteiger partial charge on any atom is 0.339 e. The number of hydrogen-bond donors (Lipinski definition) is 1. The second kappa shape index (κ2) is 7.39. The van der Waals surface area contributed by atoms with Crippen LogP contribution in [0.4, 0.5) is 0 Å². The van der Waals surface area contributed by atoms with Gasteiger partial charge in [-0.1, -0.05) is 18.5 Å². The summed E-state index contributed by atoms with van der Waals surface area (Å²) in [5, 5.41) is 2.71. The molecule has 2 aromatic rings. The van der Waals surface area contributed by atoms with Crippen molar-refractivity contribution in [1.82, 2.24) is 9.71 Å². The monoisotopic (exact) mass is 374 g/mol. The van der Waals surface area contributed by atoms with Gasteiger partial charge in [-0.3, -0.25) is 0 Å². The number of methoxy groups -OCH3 is 1. The van der Waals surface area contributed by atoms with Gasteiger partial charge in [0.25, 0.3) is 0 Å². The number of nitrogens with zero attached hydrogens (tertiary/aromatic N) is 1. The number of esters is 1. The summed E-state index contributed by atoms with van der Waals surface area (Å²) in [7, 11) is -2.50. The van der Waals surface area contributed by atoms with E-state index in [0.29, 0.717) is 0 Å². The van der Waals surface area contributed by atoms with Crippen LogP contribution in [0.25, 0.3) is 0 Å². The highest BCUT2D eigenvalue weighted by Crippen LogP contribution is 2.22. The van der Waals surface area contributed by atoms with E-state index in [1.807, 2.05) is 12.3 Å². The average molecular weight is 375 g/mol. The molecule has 0 saturated heterocycles. The molecule has 1 atom stereocenters. The van der Waals surface area contributed by atoms with E-state index in [4.69, 9.17) is 11.6 Å². The van der Waals surface area contributed by atoms with E-state index in [1.54, 1.807) is 6.20 Å².